The molecule has 2 aromatic carbocycles. The zero-order valence-electron chi connectivity index (χ0n) is 11.6. The summed E-state index contributed by atoms with van der Waals surface area (Å²) in [5, 5.41) is 12.0. The number of carbonyl (C=O) groups is 1. The fourth-order valence-corrected chi connectivity index (χ4v) is 1.88. The zero-order chi connectivity index (χ0) is 14.7. The quantitative estimate of drug-likeness (QED) is 0.591. The molecule has 0 radical (unpaired) electrons. The topological polar surface area (TPSA) is 75.3 Å². The van der Waals surface area contributed by atoms with Crippen molar-refractivity contribution in [2.24, 2.45) is 0 Å². The molecule has 104 valence electrons. The number of nitrogen functional groups attached to an aromatic ring is 1. The Balaban J connectivity index is 2.15. The van der Waals surface area contributed by atoms with Gasteiger partial charge in [0.05, 0.1) is 11.4 Å². The number of nitrogens with two attached hydrogens (primary N) is 1. The number of hydrogen-bond acceptors (Lipinski definition) is 3. The highest BCUT2D eigenvalue weighted by Crippen LogP contribution is 2.24. The van der Waals surface area contributed by atoms with E-state index in [9.17, 15) is 9.90 Å². The minimum Gasteiger partial charge on any atom is -0.508 e. The lowest BCUT2D eigenvalue weighted by molar-refractivity contribution is 0.102. The Hall–Kier alpha value is -2.49. The van der Waals surface area contributed by atoms with E-state index < -0.39 is 0 Å². The summed E-state index contributed by atoms with van der Waals surface area (Å²) in [5.74, 6) is 0.277. The van der Waals surface area contributed by atoms with Gasteiger partial charge in [0, 0.05) is 11.6 Å². The Morgan fingerprint density at radius 1 is 1.15 bits per heavy atom. The molecule has 0 atom stereocenters. The van der Waals surface area contributed by atoms with Crippen LogP contribution in [0, 0.1) is 0 Å². The van der Waals surface area contributed by atoms with Crippen molar-refractivity contribution >= 4 is 17.3 Å². The van der Waals surface area contributed by atoms with Crippen molar-refractivity contribution in [3.8, 4) is 5.75 Å². The van der Waals surface area contributed by atoms with Gasteiger partial charge in [-0.3, -0.25) is 4.79 Å². The summed E-state index contributed by atoms with van der Waals surface area (Å²) >= 11 is 0. The maximum Gasteiger partial charge on any atom is 0.255 e. The molecule has 0 aromatic heterocycles. The Labute approximate surface area is 118 Å². The van der Waals surface area contributed by atoms with Gasteiger partial charge >= 0.3 is 0 Å². The lowest BCUT2D eigenvalue weighted by Gasteiger charge is -2.10. The highest BCUT2D eigenvalue weighted by Gasteiger charge is 2.09. The van der Waals surface area contributed by atoms with E-state index in [1.54, 1.807) is 18.2 Å². The summed E-state index contributed by atoms with van der Waals surface area (Å²) < 4.78 is 0. The molecule has 2 aromatic rings. The fourth-order valence-electron chi connectivity index (χ4n) is 1.88. The van der Waals surface area contributed by atoms with E-state index in [1.165, 1.54) is 17.7 Å². The van der Waals surface area contributed by atoms with Crippen LogP contribution in [0.2, 0.25) is 0 Å². The minimum atomic E-state index is -0.224. The van der Waals surface area contributed by atoms with Gasteiger partial charge in [0.25, 0.3) is 5.91 Å². The van der Waals surface area contributed by atoms with E-state index >= 15 is 0 Å². The second-order valence-corrected chi connectivity index (χ2v) is 5.00. The van der Waals surface area contributed by atoms with E-state index in [2.05, 4.69) is 19.2 Å². The number of nitrogens with one attached hydrogen (secondary N) is 1. The number of amides is 1. The largest absolute Gasteiger partial charge is 0.508 e. The summed E-state index contributed by atoms with van der Waals surface area (Å²) in [6, 6.07) is 11.9. The van der Waals surface area contributed by atoms with Crippen molar-refractivity contribution in [2.75, 3.05) is 11.1 Å². The normalized spacial score (nSPS) is 10.6. The minimum absolute atomic E-state index is 0.0711. The lowest BCUT2D eigenvalue weighted by atomic mass is 10.0. The Morgan fingerprint density at radius 3 is 2.35 bits per heavy atom. The van der Waals surface area contributed by atoms with Gasteiger partial charge in [-0.05, 0) is 35.7 Å². The summed E-state index contributed by atoms with van der Waals surface area (Å²) in [7, 11) is 0. The van der Waals surface area contributed by atoms with Crippen molar-refractivity contribution in [3.05, 3.63) is 53.6 Å². The van der Waals surface area contributed by atoms with Crippen molar-refractivity contribution in [3.63, 3.8) is 0 Å². The Kier molecular flexibility index (Phi) is 3.94. The van der Waals surface area contributed by atoms with Gasteiger partial charge < -0.3 is 16.2 Å². The first-order valence-corrected chi connectivity index (χ1v) is 6.47. The molecule has 0 bridgehead atoms. The number of benzene rings is 2. The predicted octanol–water partition coefficient (Wildman–Crippen LogP) is 3.35. The first kappa shape index (κ1) is 13.9. The average molecular weight is 270 g/mol. The summed E-state index contributed by atoms with van der Waals surface area (Å²) in [6.45, 7) is 4.21. The van der Waals surface area contributed by atoms with Gasteiger partial charge in [0.2, 0.25) is 0 Å². The van der Waals surface area contributed by atoms with Crippen LogP contribution >= 0.6 is 0 Å². The Bertz CT molecular complexity index is 619. The van der Waals surface area contributed by atoms with E-state index in [0.29, 0.717) is 22.9 Å². The number of phenols is 1. The van der Waals surface area contributed by atoms with Crippen LogP contribution < -0.4 is 11.1 Å². The molecule has 4 nitrogen and oxygen atoms in total. The highest BCUT2D eigenvalue weighted by molar-refractivity contribution is 6.05. The number of rotatable bonds is 3. The molecular formula is C16H18N2O2. The van der Waals surface area contributed by atoms with Gasteiger partial charge in [0.1, 0.15) is 5.75 Å². The summed E-state index contributed by atoms with van der Waals surface area (Å²) in [6.07, 6.45) is 0. The number of anilines is 2. The predicted molar refractivity (Wildman–Crippen MR) is 81.0 cm³/mol. The van der Waals surface area contributed by atoms with Crippen molar-refractivity contribution < 1.29 is 9.90 Å². The van der Waals surface area contributed by atoms with Gasteiger partial charge in [-0.2, -0.15) is 0 Å². The van der Waals surface area contributed by atoms with E-state index in [4.69, 9.17) is 5.73 Å². The number of hydrogen-bond donors (Lipinski definition) is 3. The fraction of sp³-hybridized carbons (Fsp3) is 0.188. The van der Waals surface area contributed by atoms with E-state index in [0.717, 1.165) is 0 Å². The zero-order valence-corrected chi connectivity index (χ0v) is 11.6. The molecule has 0 fully saturated rings. The molecular weight excluding hydrogens is 252 g/mol. The van der Waals surface area contributed by atoms with Crippen LogP contribution in [0.25, 0.3) is 0 Å². The average Bonchev–Trinajstić information content (AvgIpc) is 2.42. The smallest absolute Gasteiger partial charge is 0.255 e. The number of phenolic OH excluding ortho intramolecular Hbond substituents is 1. The van der Waals surface area contributed by atoms with Crippen LogP contribution in [0.15, 0.2) is 42.5 Å². The van der Waals surface area contributed by atoms with Crippen LogP contribution in [0.4, 0.5) is 11.4 Å². The third-order valence-electron chi connectivity index (χ3n) is 3.12. The van der Waals surface area contributed by atoms with Crippen LogP contribution in [-0.4, -0.2) is 11.0 Å². The van der Waals surface area contributed by atoms with E-state index in [1.807, 2.05) is 12.1 Å². The van der Waals surface area contributed by atoms with Gasteiger partial charge in [-0.25, -0.2) is 0 Å². The molecule has 0 aliphatic rings. The number of aromatic hydroxyl groups is 1. The van der Waals surface area contributed by atoms with Crippen LogP contribution in [0.5, 0.6) is 5.75 Å². The Morgan fingerprint density at radius 2 is 1.80 bits per heavy atom. The molecule has 4 heteroatoms. The molecule has 0 unspecified atom stereocenters. The van der Waals surface area contributed by atoms with Gasteiger partial charge in [-0.15, -0.1) is 0 Å². The van der Waals surface area contributed by atoms with Crippen LogP contribution in [0.3, 0.4) is 0 Å². The molecule has 0 spiro atoms. The van der Waals surface area contributed by atoms with E-state index in [-0.39, 0.29) is 11.7 Å². The molecule has 0 saturated heterocycles. The summed E-state index contributed by atoms with van der Waals surface area (Å²) in [5.41, 5.74) is 8.31. The van der Waals surface area contributed by atoms with Gasteiger partial charge in [-0.1, -0.05) is 26.0 Å². The molecule has 0 aliphatic carbocycles. The van der Waals surface area contributed by atoms with Crippen molar-refractivity contribution in [2.45, 2.75) is 19.8 Å². The SMILES string of the molecule is CC(C)c1ccc(C(=O)Nc2ccc(O)cc2N)cc1. The highest BCUT2D eigenvalue weighted by atomic mass is 16.3. The molecule has 1 amide bonds. The second-order valence-electron chi connectivity index (χ2n) is 5.00. The maximum atomic E-state index is 12.1. The monoisotopic (exact) mass is 270 g/mol. The molecule has 2 rings (SSSR count). The molecule has 0 aliphatic heterocycles. The molecule has 20 heavy (non-hydrogen) atoms. The third kappa shape index (κ3) is 3.09. The first-order valence-electron chi connectivity index (χ1n) is 6.47. The first-order chi connectivity index (χ1) is 9.47. The van der Waals surface area contributed by atoms with Crippen molar-refractivity contribution in [1.29, 1.82) is 0 Å². The maximum absolute atomic E-state index is 12.1. The third-order valence-corrected chi connectivity index (χ3v) is 3.12. The van der Waals surface area contributed by atoms with Gasteiger partial charge in [0.15, 0.2) is 0 Å². The standard InChI is InChI=1S/C16H18N2O2/c1-10(2)11-3-5-12(6-4-11)16(20)18-15-8-7-13(19)9-14(15)17/h3-10,19H,17H2,1-2H3,(H,18,20). The molecule has 0 saturated carbocycles. The number of carbonyl (C=O) groups excluding carboxylic acids is 1. The second kappa shape index (κ2) is 5.65. The molecule has 4 N–H and O–H groups in total. The van der Waals surface area contributed by atoms with Crippen LogP contribution in [0.1, 0.15) is 35.7 Å². The lowest BCUT2D eigenvalue weighted by Crippen LogP contribution is -2.13. The van der Waals surface area contributed by atoms with Crippen molar-refractivity contribution in [1.82, 2.24) is 0 Å². The molecule has 0 heterocycles. The van der Waals surface area contributed by atoms with Crippen LogP contribution in [-0.2, 0) is 0 Å². The summed E-state index contributed by atoms with van der Waals surface area (Å²) in [4.78, 5) is 12.1.